The lowest BCUT2D eigenvalue weighted by molar-refractivity contribution is -0.605. The molecule has 7 nitrogen and oxygen atoms in total. The first kappa shape index (κ1) is 24.1. The molecule has 2 fully saturated rings. The number of hydrogen-bond donors (Lipinski definition) is 0. The average Bonchev–Trinajstić information content (AvgIpc) is 2.91. The molecule has 36 heavy (non-hydrogen) atoms. The Morgan fingerprint density at radius 2 is 1.53 bits per heavy atom. The van der Waals surface area contributed by atoms with Crippen molar-refractivity contribution in [3.63, 3.8) is 0 Å². The first-order chi connectivity index (χ1) is 17.5. The molecule has 2 aliphatic heterocycles. The zero-order valence-electron chi connectivity index (χ0n) is 20.8. The molecule has 3 aromatic rings. The van der Waals surface area contributed by atoms with Gasteiger partial charge in [-0.3, -0.25) is 9.69 Å². The summed E-state index contributed by atoms with van der Waals surface area (Å²) in [6, 6.07) is 19.3. The van der Waals surface area contributed by atoms with Gasteiger partial charge in [0.15, 0.2) is 23.9 Å². The highest BCUT2D eigenvalue weighted by Gasteiger charge is 2.38. The molecule has 0 N–H and O–H groups in total. The van der Waals surface area contributed by atoms with E-state index in [1.54, 1.807) is 19.2 Å². The van der Waals surface area contributed by atoms with Crippen LogP contribution in [0.1, 0.15) is 41.6 Å². The highest BCUT2D eigenvalue weighted by atomic mass is 16.5. The summed E-state index contributed by atoms with van der Waals surface area (Å²) in [5.41, 5.74) is 1.93. The smallest absolute Gasteiger partial charge is 0.259 e. The van der Waals surface area contributed by atoms with Crippen LogP contribution in [0.2, 0.25) is 0 Å². The molecule has 3 heterocycles. The second kappa shape index (κ2) is 10.6. The molecule has 1 spiro atoms. The summed E-state index contributed by atoms with van der Waals surface area (Å²) >= 11 is 0. The minimum absolute atomic E-state index is 0.0425. The van der Waals surface area contributed by atoms with Gasteiger partial charge in [0.05, 0.1) is 7.11 Å². The van der Waals surface area contributed by atoms with Gasteiger partial charge < -0.3 is 19.6 Å². The Hall–Kier alpha value is -3.58. The van der Waals surface area contributed by atoms with Crippen LogP contribution in [-0.4, -0.2) is 49.0 Å². The third-order valence-corrected chi connectivity index (χ3v) is 7.71. The van der Waals surface area contributed by atoms with Crippen LogP contribution in [0.3, 0.4) is 0 Å². The van der Waals surface area contributed by atoms with E-state index in [-0.39, 0.29) is 5.91 Å². The number of likely N-dealkylation sites (tertiary alicyclic amines) is 2. The van der Waals surface area contributed by atoms with Crippen LogP contribution in [0.5, 0.6) is 17.2 Å². The van der Waals surface area contributed by atoms with Crippen molar-refractivity contribution in [2.75, 3.05) is 33.3 Å². The second-order valence-corrected chi connectivity index (χ2v) is 9.88. The van der Waals surface area contributed by atoms with E-state index in [0.29, 0.717) is 21.5 Å². The topological polar surface area (TPSA) is 69.0 Å². The highest BCUT2D eigenvalue weighted by molar-refractivity contribution is 5.93. The third-order valence-electron chi connectivity index (χ3n) is 7.71. The molecule has 0 radical (unpaired) electrons. The average molecular weight is 488 g/mol. The van der Waals surface area contributed by atoms with Crippen LogP contribution in [0.15, 0.2) is 73.1 Å². The number of carbonyl (C=O) groups excluding carboxylic acids is 1. The van der Waals surface area contributed by atoms with Crippen LogP contribution in [0.25, 0.3) is 0 Å². The van der Waals surface area contributed by atoms with E-state index >= 15 is 0 Å². The lowest BCUT2D eigenvalue weighted by Gasteiger charge is -2.47. The Morgan fingerprint density at radius 3 is 2.22 bits per heavy atom. The monoisotopic (exact) mass is 487 g/mol. The van der Waals surface area contributed by atoms with E-state index in [2.05, 4.69) is 17.0 Å². The summed E-state index contributed by atoms with van der Waals surface area (Å²) < 4.78 is 12.4. The van der Waals surface area contributed by atoms with Gasteiger partial charge in [-0.2, -0.15) is 4.73 Å². The predicted octanol–water partition coefficient (Wildman–Crippen LogP) is 4.64. The largest absolute Gasteiger partial charge is 0.619 e. The Morgan fingerprint density at radius 1 is 0.889 bits per heavy atom. The van der Waals surface area contributed by atoms with Crippen LogP contribution in [-0.2, 0) is 6.54 Å². The number of rotatable bonds is 6. The fourth-order valence-electron chi connectivity index (χ4n) is 5.43. The number of para-hydroxylation sites is 3. The normalized spacial score (nSPS) is 17.6. The maximum absolute atomic E-state index is 12.8. The molecule has 0 bridgehead atoms. The Labute approximate surface area is 212 Å². The number of nitrogens with zero attached hydrogens (tertiary/aromatic N) is 3. The van der Waals surface area contributed by atoms with E-state index in [9.17, 15) is 10.0 Å². The molecule has 0 unspecified atom stereocenters. The molecule has 7 heteroatoms. The van der Waals surface area contributed by atoms with Crippen molar-refractivity contribution in [1.82, 2.24) is 9.80 Å². The van der Waals surface area contributed by atoms with Crippen molar-refractivity contribution in [2.24, 2.45) is 5.41 Å². The van der Waals surface area contributed by atoms with Gasteiger partial charge in [0.2, 0.25) is 0 Å². The highest BCUT2D eigenvalue weighted by Crippen LogP contribution is 2.42. The van der Waals surface area contributed by atoms with Crippen LogP contribution in [0.4, 0.5) is 0 Å². The Balaban J connectivity index is 1.17. The minimum atomic E-state index is -0.0425. The van der Waals surface area contributed by atoms with Crippen molar-refractivity contribution >= 4 is 5.91 Å². The maximum Gasteiger partial charge on any atom is 0.259 e. The lowest BCUT2D eigenvalue weighted by atomic mass is 9.71. The van der Waals surface area contributed by atoms with Gasteiger partial charge >= 0.3 is 0 Å². The molecule has 0 aliphatic carbocycles. The van der Waals surface area contributed by atoms with Gasteiger partial charge in [0, 0.05) is 31.3 Å². The molecule has 2 saturated heterocycles. The minimum Gasteiger partial charge on any atom is -0.619 e. The lowest BCUT2D eigenvalue weighted by Crippen LogP contribution is -2.48. The SMILES string of the molecule is COc1ccccc1Oc1ccccc1CN1CCC2(CC1)CCN(C(=O)c1ccc[n+]([O-])c1)CC2. The first-order valence-electron chi connectivity index (χ1n) is 12.6. The van der Waals surface area contributed by atoms with E-state index in [1.807, 2.05) is 41.3 Å². The van der Waals surface area contributed by atoms with E-state index in [0.717, 1.165) is 69.9 Å². The van der Waals surface area contributed by atoms with Crippen LogP contribution in [0, 0.1) is 10.6 Å². The zero-order valence-corrected chi connectivity index (χ0v) is 20.8. The molecule has 0 saturated carbocycles. The van der Waals surface area contributed by atoms with Crippen LogP contribution >= 0.6 is 0 Å². The summed E-state index contributed by atoms with van der Waals surface area (Å²) in [5, 5.41) is 11.6. The number of amides is 1. The molecule has 1 amide bonds. The molecule has 2 aromatic carbocycles. The van der Waals surface area contributed by atoms with Gasteiger partial charge in [0.25, 0.3) is 5.91 Å². The van der Waals surface area contributed by atoms with Crippen molar-refractivity contribution in [3.05, 3.63) is 89.4 Å². The third kappa shape index (κ3) is 5.31. The number of methoxy groups -OCH3 is 1. The predicted molar refractivity (Wildman–Crippen MR) is 137 cm³/mol. The number of piperidine rings is 2. The Kier molecular flexibility index (Phi) is 7.09. The summed E-state index contributed by atoms with van der Waals surface area (Å²) in [5.74, 6) is 2.25. The quantitative estimate of drug-likeness (QED) is 0.374. The fourth-order valence-corrected chi connectivity index (χ4v) is 5.43. The summed E-state index contributed by atoms with van der Waals surface area (Å²) in [7, 11) is 1.65. The summed E-state index contributed by atoms with van der Waals surface area (Å²) in [6.45, 7) is 4.41. The standard InChI is InChI=1S/C29H33N3O4/c1-35-26-10-4-5-11-27(26)36-25-9-3-2-7-23(25)21-30-17-12-29(13-18-30)14-19-31(20-15-29)28(33)24-8-6-16-32(34)22-24/h2-11,16,22H,12-15,17-21H2,1H3. The number of ether oxygens (including phenoxy) is 2. The number of carbonyl (C=O) groups is 1. The van der Waals surface area contributed by atoms with E-state index in [1.165, 1.54) is 18.0 Å². The second-order valence-electron chi connectivity index (χ2n) is 9.88. The van der Waals surface area contributed by atoms with Gasteiger partial charge in [-0.25, -0.2) is 0 Å². The van der Waals surface area contributed by atoms with Crippen molar-refractivity contribution in [3.8, 4) is 17.2 Å². The van der Waals surface area contributed by atoms with E-state index in [4.69, 9.17) is 9.47 Å². The first-order valence-corrected chi connectivity index (χ1v) is 12.6. The molecule has 0 atom stereocenters. The molecule has 1 aromatic heterocycles. The van der Waals surface area contributed by atoms with Gasteiger partial charge in [-0.15, -0.1) is 0 Å². The number of benzene rings is 2. The number of hydrogen-bond acceptors (Lipinski definition) is 5. The van der Waals surface area contributed by atoms with Gasteiger partial charge in [-0.05, 0) is 68.5 Å². The molecule has 5 rings (SSSR count). The van der Waals surface area contributed by atoms with E-state index < -0.39 is 0 Å². The molecule has 188 valence electrons. The van der Waals surface area contributed by atoms with Crippen molar-refractivity contribution < 1.29 is 19.0 Å². The van der Waals surface area contributed by atoms with Gasteiger partial charge in [0.1, 0.15) is 11.3 Å². The maximum atomic E-state index is 12.8. The van der Waals surface area contributed by atoms with Crippen molar-refractivity contribution in [2.45, 2.75) is 32.2 Å². The molecular weight excluding hydrogens is 454 g/mol. The summed E-state index contributed by atoms with van der Waals surface area (Å²) in [6.07, 6.45) is 7.07. The molecule has 2 aliphatic rings. The number of pyridine rings is 1. The fraction of sp³-hybridized carbons (Fsp3) is 0.379. The summed E-state index contributed by atoms with van der Waals surface area (Å²) in [4.78, 5) is 17.2. The zero-order chi connectivity index (χ0) is 25.0. The molecular formula is C29H33N3O4. The van der Waals surface area contributed by atoms with Crippen molar-refractivity contribution in [1.29, 1.82) is 0 Å². The van der Waals surface area contributed by atoms with Gasteiger partial charge in [-0.1, -0.05) is 30.3 Å². The van der Waals surface area contributed by atoms with Crippen LogP contribution < -0.4 is 14.2 Å². The Bertz CT molecular complexity index is 1200. The number of aromatic nitrogens is 1.